The summed E-state index contributed by atoms with van der Waals surface area (Å²) in [5, 5.41) is 12.0. The zero-order chi connectivity index (χ0) is 17.1. The second kappa shape index (κ2) is 7.32. The second-order valence-corrected chi connectivity index (χ2v) is 7.11. The predicted octanol–water partition coefficient (Wildman–Crippen LogP) is 3.67. The van der Waals surface area contributed by atoms with Gasteiger partial charge in [-0.3, -0.25) is 9.59 Å². The molecule has 0 aromatic heterocycles. The summed E-state index contributed by atoms with van der Waals surface area (Å²) in [4.78, 5) is 23.6. The quantitative estimate of drug-likeness (QED) is 0.834. The number of amides is 1. The summed E-state index contributed by atoms with van der Waals surface area (Å²) in [6.07, 6.45) is 6.96. The molecule has 3 atom stereocenters. The zero-order valence-corrected chi connectivity index (χ0v) is 13.7. The van der Waals surface area contributed by atoms with E-state index in [9.17, 15) is 14.0 Å². The van der Waals surface area contributed by atoms with Crippen molar-refractivity contribution < 1.29 is 19.1 Å². The van der Waals surface area contributed by atoms with Gasteiger partial charge in [0.2, 0.25) is 5.91 Å². The summed E-state index contributed by atoms with van der Waals surface area (Å²) < 4.78 is 13.1. The Bertz CT molecular complexity index is 595. The van der Waals surface area contributed by atoms with E-state index in [1.54, 1.807) is 0 Å². The molecule has 2 fully saturated rings. The lowest BCUT2D eigenvalue weighted by molar-refractivity contribution is -0.137. The molecular formula is C19H24FNO3. The van der Waals surface area contributed by atoms with Gasteiger partial charge in [-0.2, -0.15) is 0 Å². The van der Waals surface area contributed by atoms with Gasteiger partial charge in [0, 0.05) is 5.92 Å². The zero-order valence-electron chi connectivity index (χ0n) is 13.7. The molecule has 2 aliphatic rings. The average molecular weight is 333 g/mol. The molecular weight excluding hydrogens is 309 g/mol. The molecule has 130 valence electrons. The standard InChI is InChI=1S/C19H24FNO3/c20-14-8-6-13(7-9-14)17(11-18(22)23)21-19(24)16-10-15(16)12-4-2-1-3-5-12/h6-9,12,15-17H,1-5,10-11H2,(H,21,24)(H,22,23). The Morgan fingerprint density at radius 2 is 1.83 bits per heavy atom. The van der Waals surface area contributed by atoms with Crippen molar-refractivity contribution in [1.29, 1.82) is 0 Å². The van der Waals surface area contributed by atoms with E-state index in [-0.39, 0.29) is 24.1 Å². The first kappa shape index (κ1) is 16.9. The predicted molar refractivity (Wildman–Crippen MR) is 87.7 cm³/mol. The van der Waals surface area contributed by atoms with Crippen LogP contribution in [-0.4, -0.2) is 17.0 Å². The Labute approximate surface area is 141 Å². The third-order valence-electron chi connectivity index (χ3n) is 5.40. The lowest BCUT2D eigenvalue weighted by Crippen LogP contribution is -2.32. The van der Waals surface area contributed by atoms with Gasteiger partial charge < -0.3 is 10.4 Å². The number of halogens is 1. The molecule has 0 aliphatic heterocycles. The van der Waals surface area contributed by atoms with Gasteiger partial charge in [-0.05, 0) is 36.0 Å². The van der Waals surface area contributed by atoms with E-state index < -0.39 is 12.0 Å². The molecule has 3 unspecified atom stereocenters. The topological polar surface area (TPSA) is 66.4 Å². The first-order valence-electron chi connectivity index (χ1n) is 8.82. The summed E-state index contributed by atoms with van der Waals surface area (Å²) >= 11 is 0. The number of rotatable bonds is 6. The minimum absolute atomic E-state index is 0.0184. The number of hydrogen-bond donors (Lipinski definition) is 2. The number of aliphatic carboxylic acids is 1. The van der Waals surface area contributed by atoms with Crippen molar-refractivity contribution >= 4 is 11.9 Å². The molecule has 4 nitrogen and oxygen atoms in total. The highest BCUT2D eigenvalue weighted by atomic mass is 19.1. The van der Waals surface area contributed by atoms with Crippen molar-refractivity contribution in [2.45, 2.75) is 51.0 Å². The van der Waals surface area contributed by atoms with Crippen molar-refractivity contribution in [1.82, 2.24) is 5.32 Å². The van der Waals surface area contributed by atoms with Crippen molar-refractivity contribution in [3.05, 3.63) is 35.6 Å². The summed E-state index contributed by atoms with van der Waals surface area (Å²) in [5.74, 6) is -0.281. The first-order valence-corrected chi connectivity index (χ1v) is 8.82. The molecule has 1 aromatic rings. The minimum Gasteiger partial charge on any atom is -0.481 e. The van der Waals surface area contributed by atoms with Gasteiger partial charge in [-0.1, -0.05) is 44.2 Å². The molecule has 24 heavy (non-hydrogen) atoms. The van der Waals surface area contributed by atoms with Crippen LogP contribution >= 0.6 is 0 Å². The van der Waals surface area contributed by atoms with Crippen molar-refractivity contribution in [3.8, 4) is 0 Å². The molecule has 1 aromatic carbocycles. The van der Waals surface area contributed by atoms with Crippen molar-refractivity contribution in [3.63, 3.8) is 0 Å². The van der Waals surface area contributed by atoms with Crippen LogP contribution in [0.4, 0.5) is 4.39 Å². The Morgan fingerprint density at radius 1 is 1.17 bits per heavy atom. The molecule has 0 spiro atoms. The van der Waals surface area contributed by atoms with Crippen LogP contribution < -0.4 is 5.32 Å². The van der Waals surface area contributed by atoms with E-state index in [4.69, 9.17) is 5.11 Å². The number of nitrogens with one attached hydrogen (secondary N) is 1. The van der Waals surface area contributed by atoms with Gasteiger partial charge in [0.25, 0.3) is 0 Å². The summed E-state index contributed by atoms with van der Waals surface area (Å²) in [5.41, 5.74) is 0.627. The first-order chi connectivity index (χ1) is 11.5. The van der Waals surface area contributed by atoms with Gasteiger partial charge >= 0.3 is 5.97 Å². The maximum Gasteiger partial charge on any atom is 0.305 e. The van der Waals surface area contributed by atoms with Crippen LogP contribution in [0, 0.1) is 23.6 Å². The highest BCUT2D eigenvalue weighted by Crippen LogP contribution is 2.49. The van der Waals surface area contributed by atoms with Crippen molar-refractivity contribution in [2.75, 3.05) is 0 Å². The van der Waals surface area contributed by atoms with E-state index in [0.29, 0.717) is 17.4 Å². The molecule has 2 N–H and O–H groups in total. The molecule has 0 saturated heterocycles. The highest BCUT2D eigenvalue weighted by Gasteiger charge is 2.47. The van der Waals surface area contributed by atoms with E-state index in [1.165, 1.54) is 56.4 Å². The summed E-state index contributed by atoms with van der Waals surface area (Å²) in [7, 11) is 0. The lowest BCUT2D eigenvalue weighted by atomic mass is 9.85. The number of carbonyl (C=O) groups excluding carboxylic acids is 1. The second-order valence-electron chi connectivity index (χ2n) is 7.11. The van der Waals surface area contributed by atoms with Gasteiger partial charge in [0.05, 0.1) is 12.5 Å². The van der Waals surface area contributed by atoms with Crippen LogP contribution in [0.2, 0.25) is 0 Å². The largest absolute Gasteiger partial charge is 0.481 e. The fraction of sp³-hybridized carbons (Fsp3) is 0.579. The summed E-state index contributed by atoms with van der Waals surface area (Å²) in [6, 6.07) is 5.04. The number of carboxylic acids is 1. The van der Waals surface area contributed by atoms with E-state index in [2.05, 4.69) is 5.32 Å². The lowest BCUT2D eigenvalue weighted by Gasteiger charge is -2.22. The van der Waals surface area contributed by atoms with Gasteiger partial charge in [-0.25, -0.2) is 4.39 Å². The maximum atomic E-state index is 13.1. The van der Waals surface area contributed by atoms with E-state index >= 15 is 0 Å². The Kier molecular flexibility index (Phi) is 5.17. The molecule has 2 saturated carbocycles. The smallest absolute Gasteiger partial charge is 0.305 e. The normalized spacial score (nSPS) is 25.0. The van der Waals surface area contributed by atoms with Crippen LogP contribution in [0.25, 0.3) is 0 Å². The molecule has 2 aliphatic carbocycles. The number of benzene rings is 1. The fourth-order valence-corrected chi connectivity index (χ4v) is 4.00. The molecule has 0 bridgehead atoms. The SMILES string of the molecule is O=C(O)CC(NC(=O)C1CC1C1CCCCC1)c1ccc(F)cc1. The average Bonchev–Trinajstić information content (AvgIpc) is 3.36. The van der Waals surface area contributed by atoms with E-state index in [0.717, 1.165) is 6.42 Å². The Morgan fingerprint density at radius 3 is 2.46 bits per heavy atom. The molecule has 0 heterocycles. The third-order valence-corrected chi connectivity index (χ3v) is 5.40. The fourth-order valence-electron chi connectivity index (χ4n) is 4.00. The van der Waals surface area contributed by atoms with Crippen LogP contribution in [-0.2, 0) is 9.59 Å². The van der Waals surface area contributed by atoms with Gasteiger partial charge in [0.1, 0.15) is 5.82 Å². The number of hydrogen-bond acceptors (Lipinski definition) is 2. The Hall–Kier alpha value is -1.91. The molecule has 1 amide bonds. The van der Waals surface area contributed by atoms with Crippen LogP contribution in [0.1, 0.15) is 56.6 Å². The molecule has 0 radical (unpaired) electrons. The van der Waals surface area contributed by atoms with Crippen LogP contribution in [0.15, 0.2) is 24.3 Å². The Balaban J connectivity index is 1.61. The van der Waals surface area contributed by atoms with Gasteiger partial charge in [0.15, 0.2) is 0 Å². The van der Waals surface area contributed by atoms with Crippen LogP contribution in [0.5, 0.6) is 0 Å². The van der Waals surface area contributed by atoms with Gasteiger partial charge in [-0.15, -0.1) is 0 Å². The maximum absolute atomic E-state index is 13.1. The number of carboxylic acid groups (broad SMARTS) is 1. The van der Waals surface area contributed by atoms with Crippen LogP contribution in [0.3, 0.4) is 0 Å². The third kappa shape index (κ3) is 4.13. The monoisotopic (exact) mass is 333 g/mol. The van der Waals surface area contributed by atoms with Crippen molar-refractivity contribution in [2.24, 2.45) is 17.8 Å². The molecule has 5 heteroatoms. The molecule has 3 rings (SSSR count). The highest BCUT2D eigenvalue weighted by molar-refractivity contribution is 5.82. The number of carbonyl (C=O) groups is 2. The van der Waals surface area contributed by atoms with E-state index in [1.807, 2.05) is 0 Å². The minimum atomic E-state index is -0.982. The summed E-state index contributed by atoms with van der Waals surface area (Å²) in [6.45, 7) is 0.